The number of carbonyl (C=O) groups excluding carboxylic acids is 2. The average molecular weight is 416 g/mol. The third kappa shape index (κ3) is 4.05. The SMILES string of the molecule is CC1=C(C(=O)OC[C@@H]2CCCO2)[C@@H](c2ccc(C)s2)C2=C(CC(C)(C)CC2=O)N1. The van der Waals surface area contributed by atoms with Crippen LogP contribution in [0.15, 0.2) is 34.7 Å². The van der Waals surface area contributed by atoms with Crippen molar-refractivity contribution in [2.75, 3.05) is 13.2 Å². The number of ether oxygens (including phenoxy) is 2. The first-order valence-corrected chi connectivity index (χ1v) is 11.2. The van der Waals surface area contributed by atoms with Gasteiger partial charge >= 0.3 is 5.97 Å². The summed E-state index contributed by atoms with van der Waals surface area (Å²) >= 11 is 1.64. The maximum atomic E-state index is 13.2. The highest BCUT2D eigenvalue weighted by Gasteiger charge is 2.43. The Hall–Kier alpha value is -1.92. The highest BCUT2D eigenvalue weighted by atomic mass is 32.1. The molecule has 0 unspecified atom stereocenters. The molecule has 3 aliphatic rings. The van der Waals surface area contributed by atoms with Crippen LogP contribution in [0.2, 0.25) is 0 Å². The molecule has 2 atom stereocenters. The Morgan fingerprint density at radius 2 is 2.10 bits per heavy atom. The van der Waals surface area contributed by atoms with Gasteiger partial charge in [0.25, 0.3) is 0 Å². The van der Waals surface area contributed by atoms with E-state index in [1.807, 2.05) is 26.0 Å². The van der Waals surface area contributed by atoms with Crippen molar-refractivity contribution < 1.29 is 19.1 Å². The highest BCUT2D eigenvalue weighted by Crippen LogP contribution is 2.48. The zero-order valence-corrected chi connectivity index (χ0v) is 18.4. The summed E-state index contributed by atoms with van der Waals surface area (Å²) in [4.78, 5) is 28.5. The van der Waals surface area contributed by atoms with E-state index in [2.05, 4.69) is 19.2 Å². The molecule has 0 saturated carbocycles. The molecule has 1 aromatic rings. The van der Waals surface area contributed by atoms with Crippen LogP contribution in [0.25, 0.3) is 0 Å². The number of rotatable bonds is 4. The zero-order valence-electron chi connectivity index (χ0n) is 17.6. The first kappa shape index (κ1) is 20.4. The van der Waals surface area contributed by atoms with E-state index in [9.17, 15) is 9.59 Å². The Labute approximate surface area is 176 Å². The molecule has 2 aliphatic heterocycles. The molecule has 4 rings (SSSR count). The van der Waals surface area contributed by atoms with Crippen LogP contribution < -0.4 is 5.32 Å². The van der Waals surface area contributed by atoms with Crippen molar-refractivity contribution in [1.29, 1.82) is 0 Å². The van der Waals surface area contributed by atoms with Crippen molar-refractivity contribution >= 4 is 23.1 Å². The summed E-state index contributed by atoms with van der Waals surface area (Å²) in [5.41, 5.74) is 2.94. The average Bonchev–Trinajstić information content (AvgIpc) is 3.28. The van der Waals surface area contributed by atoms with Crippen molar-refractivity contribution in [2.24, 2.45) is 5.41 Å². The van der Waals surface area contributed by atoms with E-state index in [-0.39, 0.29) is 35.8 Å². The number of aryl methyl sites for hydroxylation is 1. The van der Waals surface area contributed by atoms with Gasteiger partial charge in [0, 0.05) is 39.7 Å². The fourth-order valence-corrected chi connectivity index (χ4v) is 5.62. The van der Waals surface area contributed by atoms with Gasteiger partial charge in [0.05, 0.1) is 17.6 Å². The molecule has 0 radical (unpaired) electrons. The van der Waals surface area contributed by atoms with E-state index in [1.54, 1.807) is 11.3 Å². The third-order valence-corrected chi connectivity index (χ3v) is 7.00. The van der Waals surface area contributed by atoms with E-state index in [0.29, 0.717) is 12.0 Å². The van der Waals surface area contributed by atoms with E-state index in [4.69, 9.17) is 9.47 Å². The summed E-state index contributed by atoms with van der Waals surface area (Å²) in [7, 11) is 0. The van der Waals surface area contributed by atoms with E-state index < -0.39 is 0 Å². The molecular weight excluding hydrogens is 386 g/mol. The molecule has 156 valence electrons. The normalized spacial score (nSPS) is 26.4. The second kappa shape index (κ2) is 7.73. The number of dihydropyridines is 1. The van der Waals surface area contributed by atoms with Gasteiger partial charge in [-0.3, -0.25) is 4.79 Å². The molecule has 6 heteroatoms. The van der Waals surface area contributed by atoms with Gasteiger partial charge in [-0.1, -0.05) is 13.8 Å². The fourth-order valence-electron chi connectivity index (χ4n) is 4.62. The van der Waals surface area contributed by atoms with Gasteiger partial charge in [0.15, 0.2) is 5.78 Å². The molecule has 1 aromatic heterocycles. The summed E-state index contributed by atoms with van der Waals surface area (Å²) in [6, 6.07) is 4.08. The van der Waals surface area contributed by atoms with Gasteiger partial charge in [0.2, 0.25) is 0 Å². The largest absolute Gasteiger partial charge is 0.459 e. The number of ketones is 1. The zero-order chi connectivity index (χ0) is 20.8. The minimum atomic E-state index is -0.356. The van der Waals surface area contributed by atoms with E-state index in [0.717, 1.165) is 52.6 Å². The molecule has 1 aliphatic carbocycles. The second-order valence-electron chi connectivity index (χ2n) is 9.11. The molecule has 0 amide bonds. The van der Waals surface area contributed by atoms with Crippen LogP contribution in [0, 0.1) is 12.3 Å². The first-order valence-electron chi connectivity index (χ1n) is 10.3. The fraction of sp³-hybridized carbons (Fsp3) is 0.565. The number of Topliss-reactive ketones (excluding diaryl/α,β-unsaturated/α-hetero) is 1. The number of nitrogens with one attached hydrogen (secondary N) is 1. The minimum Gasteiger partial charge on any atom is -0.459 e. The number of hydrogen-bond donors (Lipinski definition) is 1. The predicted octanol–water partition coefficient (Wildman–Crippen LogP) is 4.38. The Balaban J connectivity index is 1.69. The standard InChI is InChI=1S/C23H29NO4S/c1-13-7-8-18(29-13)21-19(22(26)28-12-15-6-5-9-27-15)14(2)24-16-10-23(3,4)11-17(25)20(16)21/h7-8,15,21,24H,5-6,9-12H2,1-4H3/t15-,21+/m0/s1. The molecular formula is C23H29NO4S. The minimum absolute atomic E-state index is 0.0225. The monoisotopic (exact) mass is 415 g/mol. The first-order chi connectivity index (χ1) is 13.7. The van der Waals surface area contributed by atoms with Gasteiger partial charge in [-0.25, -0.2) is 4.79 Å². The van der Waals surface area contributed by atoms with Crippen LogP contribution in [-0.4, -0.2) is 31.1 Å². The van der Waals surface area contributed by atoms with Gasteiger partial charge in [-0.05, 0) is 50.7 Å². The van der Waals surface area contributed by atoms with Crippen molar-refractivity contribution in [3.05, 3.63) is 44.4 Å². The van der Waals surface area contributed by atoms with Crippen molar-refractivity contribution in [3.8, 4) is 0 Å². The maximum Gasteiger partial charge on any atom is 0.336 e. The molecule has 0 spiro atoms. The molecule has 0 bridgehead atoms. The van der Waals surface area contributed by atoms with Crippen LogP contribution in [0.3, 0.4) is 0 Å². The Bertz CT molecular complexity index is 902. The van der Waals surface area contributed by atoms with Gasteiger partial charge in [0.1, 0.15) is 6.61 Å². The Kier molecular flexibility index (Phi) is 5.42. The van der Waals surface area contributed by atoms with Crippen LogP contribution in [0.1, 0.15) is 62.1 Å². The highest BCUT2D eigenvalue weighted by molar-refractivity contribution is 7.12. The molecule has 1 saturated heterocycles. The molecule has 5 nitrogen and oxygen atoms in total. The Morgan fingerprint density at radius 3 is 2.76 bits per heavy atom. The number of thiophene rings is 1. The smallest absolute Gasteiger partial charge is 0.336 e. The predicted molar refractivity (Wildman–Crippen MR) is 113 cm³/mol. The molecule has 0 aromatic carbocycles. The maximum absolute atomic E-state index is 13.2. The van der Waals surface area contributed by atoms with E-state index >= 15 is 0 Å². The van der Waals surface area contributed by atoms with Gasteiger partial charge in [-0.2, -0.15) is 0 Å². The van der Waals surface area contributed by atoms with E-state index in [1.165, 1.54) is 0 Å². The van der Waals surface area contributed by atoms with Crippen LogP contribution in [0.5, 0.6) is 0 Å². The van der Waals surface area contributed by atoms with Gasteiger partial charge < -0.3 is 14.8 Å². The lowest BCUT2D eigenvalue weighted by Gasteiger charge is -2.39. The number of allylic oxidation sites excluding steroid dienone is 3. The lowest BCUT2D eigenvalue weighted by molar-refractivity contribution is -0.142. The summed E-state index contributed by atoms with van der Waals surface area (Å²) in [6.45, 7) is 9.17. The topological polar surface area (TPSA) is 64.6 Å². The number of carbonyl (C=O) groups is 2. The van der Waals surface area contributed by atoms with Crippen LogP contribution >= 0.6 is 11.3 Å². The second-order valence-corrected chi connectivity index (χ2v) is 10.4. The summed E-state index contributed by atoms with van der Waals surface area (Å²) in [6.07, 6.45) is 3.19. The Morgan fingerprint density at radius 1 is 1.31 bits per heavy atom. The van der Waals surface area contributed by atoms with Crippen LogP contribution in [-0.2, 0) is 19.1 Å². The van der Waals surface area contributed by atoms with Crippen LogP contribution in [0.4, 0.5) is 0 Å². The van der Waals surface area contributed by atoms with Crippen molar-refractivity contribution in [1.82, 2.24) is 5.32 Å². The summed E-state index contributed by atoms with van der Waals surface area (Å²) in [5.74, 6) is -0.590. The summed E-state index contributed by atoms with van der Waals surface area (Å²) < 4.78 is 11.2. The third-order valence-electron chi connectivity index (χ3n) is 5.93. The van der Waals surface area contributed by atoms with Crippen molar-refractivity contribution in [2.45, 2.75) is 65.4 Å². The quantitative estimate of drug-likeness (QED) is 0.739. The molecule has 1 N–H and O–H groups in total. The number of hydrogen-bond acceptors (Lipinski definition) is 6. The molecule has 1 fully saturated rings. The molecule has 29 heavy (non-hydrogen) atoms. The molecule has 3 heterocycles. The lowest BCUT2D eigenvalue weighted by atomic mass is 9.70. The van der Waals surface area contributed by atoms with Gasteiger partial charge in [-0.15, -0.1) is 11.3 Å². The lowest BCUT2D eigenvalue weighted by Crippen LogP contribution is -2.38. The number of esters is 1. The van der Waals surface area contributed by atoms with Crippen molar-refractivity contribution in [3.63, 3.8) is 0 Å². The summed E-state index contributed by atoms with van der Waals surface area (Å²) in [5, 5.41) is 3.38.